The van der Waals surface area contributed by atoms with Gasteiger partial charge in [0.25, 0.3) is 0 Å². The van der Waals surface area contributed by atoms with Crippen molar-refractivity contribution in [2.24, 2.45) is 0 Å². The topological polar surface area (TPSA) is 125 Å². The van der Waals surface area contributed by atoms with Crippen molar-refractivity contribution in [3.8, 4) is 17.4 Å². The maximum Gasteiger partial charge on any atom is 0.422 e. The van der Waals surface area contributed by atoms with E-state index in [-0.39, 0.29) is 36.4 Å². The number of aromatic nitrogens is 1. The van der Waals surface area contributed by atoms with E-state index < -0.39 is 39.7 Å². The highest BCUT2D eigenvalue weighted by Crippen LogP contribution is 2.36. The molecule has 3 rings (SSSR count). The van der Waals surface area contributed by atoms with Crippen LogP contribution >= 0.6 is 11.6 Å². The number of ether oxygens (including phenoxy) is 4. The Morgan fingerprint density at radius 1 is 1.13 bits per heavy atom. The lowest BCUT2D eigenvalue weighted by Crippen LogP contribution is -2.45. The molecule has 0 bridgehead atoms. The molecule has 1 aromatic heterocycles. The molecule has 0 atom stereocenters. The first kappa shape index (κ1) is 30.7. The number of rotatable bonds is 11. The summed E-state index contributed by atoms with van der Waals surface area (Å²) in [6, 6.07) is 4.79. The van der Waals surface area contributed by atoms with Gasteiger partial charge in [-0.1, -0.05) is 37.3 Å². The van der Waals surface area contributed by atoms with Crippen molar-refractivity contribution in [1.82, 2.24) is 14.4 Å². The number of benzene rings is 1. The van der Waals surface area contributed by atoms with Gasteiger partial charge in [-0.05, 0) is 31.0 Å². The third-order valence-electron chi connectivity index (χ3n) is 5.69. The lowest BCUT2D eigenvalue weighted by Gasteiger charge is -2.17. The molecule has 10 nitrogen and oxygen atoms in total. The Labute approximate surface area is 229 Å². The average molecular weight is 596 g/mol. The third kappa shape index (κ3) is 10.0. The van der Waals surface area contributed by atoms with Crippen LogP contribution < -0.4 is 18.9 Å². The van der Waals surface area contributed by atoms with Crippen LogP contribution in [0.4, 0.5) is 18.0 Å². The summed E-state index contributed by atoms with van der Waals surface area (Å²) in [6.07, 6.45) is -0.118. The normalized spacial score (nSPS) is 14.9. The molecule has 1 amide bonds. The summed E-state index contributed by atoms with van der Waals surface area (Å²) >= 11 is 5.97. The molecule has 0 unspecified atom stereocenters. The maximum absolute atomic E-state index is 13.0. The van der Waals surface area contributed by atoms with Crippen LogP contribution in [0.2, 0.25) is 5.02 Å². The zero-order valence-corrected chi connectivity index (χ0v) is 22.6. The van der Waals surface area contributed by atoms with E-state index in [4.69, 9.17) is 30.5 Å². The second kappa shape index (κ2) is 14.0. The smallest absolute Gasteiger partial charge is 0.422 e. The minimum absolute atomic E-state index is 0.00585. The average Bonchev–Trinajstić information content (AvgIpc) is 3.12. The largest absolute Gasteiger partial charge is 0.491 e. The van der Waals surface area contributed by atoms with Crippen LogP contribution in [-0.2, 0) is 32.5 Å². The first-order valence-electron chi connectivity index (χ1n) is 12.1. The number of carbonyl (C=O) groups is 1. The Hall–Kier alpha value is -2.81. The predicted octanol–water partition coefficient (Wildman–Crippen LogP) is 5.35. The number of amides is 1. The van der Waals surface area contributed by atoms with Crippen molar-refractivity contribution < 1.29 is 45.3 Å². The monoisotopic (exact) mass is 595 g/mol. The lowest BCUT2D eigenvalue weighted by molar-refractivity contribution is -0.137. The Kier molecular flexibility index (Phi) is 11.0. The fraction of sp³-hybridized carbons (Fsp3) is 0.500. The molecule has 1 aliphatic carbocycles. The van der Waals surface area contributed by atoms with E-state index in [1.807, 2.05) is 4.72 Å². The van der Waals surface area contributed by atoms with Gasteiger partial charge in [-0.15, -0.1) is 0 Å². The molecule has 2 aromatic rings. The molecule has 2 N–H and O–H groups in total. The Morgan fingerprint density at radius 2 is 1.85 bits per heavy atom. The van der Waals surface area contributed by atoms with Gasteiger partial charge in [0, 0.05) is 31.0 Å². The summed E-state index contributed by atoms with van der Waals surface area (Å²) < 4.78 is 89.1. The molecule has 1 aromatic carbocycles. The highest BCUT2D eigenvalue weighted by Gasteiger charge is 2.32. The summed E-state index contributed by atoms with van der Waals surface area (Å²) in [6.45, 7) is 0.0347. The Bertz CT molecular complexity index is 1220. The van der Waals surface area contributed by atoms with Crippen molar-refractivity contribution in [3.05, 3.63) is 46.6 Å². The number of nitrogens with one attached hydrogen (secondary N) is 2. The molecule has 0 saturated heterocycles. The zero-order valence-electron chi connectivity index (χ0n) is 21.1. The molecule has 1 fully saturated rings. The standard InChI is InChI=1S/C24H29ClF3N3O7S/c1-35-10-11-36-19-9-8-16(21(13-19)38-22-20(25)12-17(14-29-22)24(26,27)28)15-37-23(32)31-39(33,34)30-18-6-4-2-3-5-7-18/h8-9,12-14,18,30H,2-7,10-11,15H2,1H3,(H,31,32). The van der Waals surface area contributed by atoms with Gasteiger partial charge in [-0.3, -0.25) is 0 Å². The first-order valence-corrected chi connectivity index (χ1v) is 13.9. The van der Waals surface area contributed by atoms with Crippen molar-refractivity contribution in [1.29, 1.82) is 0 Å². The number of alkyl halides is 3. The van der Waals surface area contributed by atoms with Crippen molar-refractivity contribution >= 4 is 27.9 Å². The van der Waals surface area contributed by atoms with Gasteiger partial charge in [0.15, 0.2) is 0 Å². The second-order valence-electron chi connectivity index (χ2n) is 8.71. The summed E-state index contributed by atoms with van der Waals surface area (Å²) in [5.74, 6) is -0.0145. The maximum atomic E-state index is 13.0. The van der Waals surface area contributed by atoms with Crippen LogP contribution in [0.15, 0.2) is 30.5 Å². The van der Waals surface area contributed by atoms with E-state index in [0.717, 1.165) is 25.7 Å². The predicted molar refractivity (Wildman–Crippen MR) is 135 cm³/mol. The molecule has 1 saturated carbocycles. The zero-order chi connectivity index (χ0) is 28.5. The third-order valence-corrected chi connectivity index (χ3v) is 7.04. The molecule has 0 spiro atoms. The number of pyridine rings is 1. The molecule has 1 aliphatic rings. The second-order valence-corrected chi connectivity index (χ2v) is 10.6. The fourth-order valence-corrected chi connectivity index (χ4v) is 4.99. The minimum Gasteiger partial charge on any atom is -0.491 e. The number of carbonyl (C=O) groups excluding carboxylic acids is 1. The van der Waals surface area contributed by atoms with Gasteiger partial charge in [0.05, 0.1) is 12.2 Å². The molecule has 15 heteroatoms. The summed E-state index contributed by atoms with van der Waals surface area (Å²) in [5, 5.41) is -0.407. The number of halogens is 4. The van der Waals surface area contributed by atoms with Crippen molar-refractivity contribution in [2.45, 2.75) is 57.3 Å². The van der Waals surface area contributed by atoms with Crippen LogP contribution in [-0.4, -0.2) is 45.9 Å². The van der Waals surface area contributed by atoms with E-state index in [2.05, 4.69) is 9.71 Å². The van der Waals surface area contributed by atoms with E-state index in [1.165, 1.54) is 25.3 Å². The first-order chi connectivity index (χ1) is 18.5. The van der Waals surface area contributed by atoms with E-state index in [0.29, 0.717) is 30.9 Å². The van der Waals surface area contributed by atoms with Crippen LogP contribution in [0, 0.1) is 0 Å². The Morgan fingerprint density at radius 3 is 2.49 bits per heavy atom. The number of methoxy groups -OCH3 is 1. The van der Waals surface area contributed by atoms with Gasteiger partial charge < -0.3 is 18.9 Å². The van der Waals surface area contributed by atoms with Crippen LogP contribution in [0.1, 0.15) is 49.7 Å². The highest BCUT2D eigenvalue weighted by atomic mass is 35.5. The van der Waals surface area contributed by atoms with Gasteiger partial charge >= 0.3 is 22.5 Å². The summed E-state index contributed by atoms with van der Waals surface area (Å²) in [5.41, 5.74) is -0.827. The van der Waals surface area contributed by atoms with Crippen molar-refractivity contribution in [2.75, 3.05) is 20.3 Å². The van der Waals surface area contributed by atoms with Gasteiger partial charge in [-0.2, -0.15) is 26.3 Å². The molecule has 0 aliphatic heterocycles. The van der Waals surface area contributed by atoms with E-state index in [1.54, 1.807) is 0 Å². The van der Waals surface area contributed by atoms with Gasteiger partial charge in [-0.25, -0.2) is 14.5 Å². The lowest BCUT2D eigenvalue weighted by atomic mass is 10.1. The molecular formula is C24H29ClF3N3O7S. The van der Waals surface area contributed by atoms with Crippen molar-refractivity contribution in [3.63, 3.8) is 0 Å². The van der Waals surface area contributed by atoms with Crippen LogP contribution in [0.5, 0.6) is 17.4 Å². The highest BCUT2D eigenvalue weighted by molar-refractivity contribution is 7.88. The molecular weight excluding hydrogens is 567 g/mol. The van der Waals surface area contributed by atoms with Crippen LogP contribution in [0.25, 0.3) is 0 Å². The number of hydrogen-bond donors (Lipinski definition) is 2. The SMILES string of the molecule is COCCOc1ccc(COC(=O)NS(=O)(=O)NC2CCCCCC2)c(Oc2ncc(C(F)(F)F)cc2Cl)c1. The molecule has 216 valence electrons. The minimum atomic E-state index is -4.65. The molecule has 1 heterocycles. The summed E-state index contributed by atoms with van der Waals surface area (Å²) in [7, 11) is -2.66. The Balaban J connectivity index is 1.71. The van der Waals surface area contributed by atoms with Gasteiger partial charge in [0.1, 0.15) is 29.7 Å². The number of hydrogen-bond acceptors (Lipinski definition) is 8. The van der Waals surface area contributed by atoms with Crippen LogP contribution in [0.3, 0.4) is 0 Å². The molecule has 0 radical (unpaired) electrons. The van der Waals surface area contributed by atoms with Gasteiger partial charge in [0.2, 0.25) is 5.88 Å². The summed E-state index contributed by atoms with van der Waals surface area (Å²) in [4.78, 5) is 15.9. The fourth-order valence-electron chi connectivity index (χ4n) is 3.77. The van der Waals surface area contributed by atoms with E-state index >= 15 is 0 Å². The number of nitrogens with zero attached hydrogens (tertiary/aromatic N) is 1. The van der Waals surface area contributed by atoms with E-state index in [9.17, 15) is 26.4 Å². The quantitative estimate of drug-likeness (QED) is 0.263. The molecule has 39 heavy (non-hydrogen) atoms.